The van der Waals surface area contributed by atoms with Gasteiger partial charge in [0.05, 0.1) is 5.71 Å². The van der Waals surface area contributed by atoms with Gasteiger partial charge in [0.1, 0.15) is 0 Å². The summed E-state index contributed by atoms with van der Waals surface area (Å²) in [5.41, 5.74) is 4.32. The van der Waals surface area contributed by atoms with Crippen molar-refractivity contribution in [2.24, 2.45) is 5.10 Å². The largest absolute Gasteiger partial charge is 0.273 e. The summed E-state index contributed by atoms with van der Waals surface area (Å²) in [5.74, 6) is -0.0214. The minimum atomic E-state index is -0.0214. The monoisotopic (exact) mass is 233 g/mol. The number of unbranched alkanes of at least 4 members (excludes halogenated alkanes) is 2. The van der Waals surface area contributed by atoms with E-state index in [-0.39, 0.29) is 5.91 Å². The summed E-state index contributed by atoms with van der Waals surface area (Å²) in [6.07, 6.45) is 7.08. The highest BCUT2D eigenvalue weighted by molar-refractivity contribution is 5.99. The molecule has 92 valence electrons. The second-order valence-electron chi connectivity index (χ2n) is 3.93. The molecule has 0 fully saturated rings. The molecule has 1 N–H and O–H groups in total. The van der Waals surface area contributed by atoms with Crippen LogP contribution in [0.4, 0.5) is 0 Å². The minimum absolute atomic E-state index is 0.0214. The Bertz CT molecular complexity index is 374. The number of aromatic nitrogens is 1. The van der Waals surface area contributed by atoms with Crippen LogP contribution in [0.1, 0.15) is 45.1 Å². The fourth-order valence-electron chi connectivity index (χ4n) is 1.40. The lowest BCUT2D eigenvalue weighted by molar-refractivity contribution is -0.121. The molecule has 0 aliphatic heterocycles. The fourth-order valence-corrected chi connectivity index (χ4v) is 1.40. The number of hydrazone groups is 1. The molecular weight excluding hydrogens is 214 g/mol. The third-order valence-corrected chi connectivity index (χ3v) is 2.45. The first-order valence-corrected chi connectivity index (χ1v) is 5.97. The Morgan fingerprint density at radius 1 is 1.35 bits per heavy atom. The van der Waals surface area contributed by atoms with Crippen LogP contribution in [0.2, 0.25) is 0 Å². The van der Waals surface area contributed by atoms with E-state index in [1.165, 1.54) is 0 Å². The Kier molecular flexibility index (Phi) is 5.93. The first-order chi connectivity index (χ1) is 8.24. The zero-order valence-corrected chi connectivity index (χ0v) is 10.4. The highest BCUT2D eigenvalue weighted by Crippen LogP contribution is 2.00. The Labute approximate surface area is 102 Å². The summed E-state index contributed by atoms with van der Waals surface area (Å²) in [5, 5.41) is 4.06. The van der Waals surface area contributed by atoms with E-state index in [2.05, 4.69) is 22.4 Å². The molecule has 0 bridgehead atoms. The van der Waals surface area contributed by atoms with Gasteiger partial charge in [-0.2, -0.15) is 5.10 Å². The van der Waals surface area contributed by atoms with E-state index in [9.17, 15) is 4.79 Å². The van der Waals surface area contributed by atoms with Gasteiger partial charge in [0.2, 0.25) is 5.91 Å². The molecule has 1 heterocycles. The standard InChI is InChI=1S/C13H19N3O/c1-3-4-5-6-13(17)16-15-11(2)12-7-9-14-10-8-12/h7-10H,3-6H2,1-2H3,(H,16,17)/b15-11+. The van der Waals surface area contributed by atoms with Crippen LogP contribution < -0.4 is 5.43 Å². The third-order valence-electron chi connectivity index (χ3n) is 2.45. The van der Waals surface area contributed by atoms with Crippen LogP contribution in [0.15, 0.2) is 29.6 Å². The minimum Gasteiger partial charge on any atom is -0.273 e. The quantitative estimate of drug-likeness (QED) is 0.466. The molecule has 0 saturated carbocycles. The second-order valence-corrected chi connectivity index (χ2v) is 3.93. The molecule has 0 radical (unpaired) electrons. The number of carbonyl (C=O) groups is 1. The molecule has 4 heteroatoms. The predicted octanol–water partition coefficient (Wildman–Crippen LogP) is 2.50. The molecule has 1 aromatic rings. The number of pyridine rings is 1. The van der Waals surface area contributed by atoms with Gasteiger partial charge in [0, 0.05) is 24.4 Å². The van der Waals surface area contributed by atoms with E-state index in [1.54, 1.807) is 12.4 Å². The molecule has 1 aromatic heterocycles. The summed E-state index contributed by atoms with van der Waals surface area (Å²) in [7, 11) is 0. The molecule has 0 saturated heterocycles. The Morgan fingerprint density at radius 2 is 2.06 bits per heavy atom. The van der Waals surface area contributed by atoms with E-state index in [0.717, 1.165) is 30.5 Å². The van der Waals surface area contributed by atoms with Crippen molar-refractivity contribution in [1.82, 2.24) is 10.4 Å². The Hall–Kier alpha value is -1.71. The maximum atomic E-state index is 11.4. The number of hydrogen-bond donors (Lipinski definition) is 1. The van der Waals surface area contributed by atoms with E-state index in [4.69, 9.17) is 0 Å². The van der Waals surface area contributed by atoms with Crippen molar-refractivity contribution in [2.75, 3.05) is 0 Å². The summed E-state index contributed by atoms with van der Waals surface area (Å²) in [6, 6.07) is 3.73. The first-order valence-electron chi connectivity index (χ1n) is 5.97. The molecule has 1 amide bonds. The van der Waals surface area contributed by atoms with Gasteiger partial charge in [-0.25, -0.2) is 5.43 Å². The van der Waals surface area contributed by atoms with Gasteiger partial charge in [-0.05, 0) is 25.5 Å². The number of nitrogens with zero attached hydrogens (tertiary/aromatic N) is 2. The zero-order valence-electron chi connectivity index (χ0n) is 10.4. The van der Waals surface area contributed by atoms with Gasteiger partial charge in [0.25, 0.3) is 0 Å². The van der Waals surface area contributed by atoms with Crippen molar-refractivity contribution in [2.45, 2.75) is 39.5 Å². The van der Waals surface area contributed by atoms with Gasteiger partial charge in [-0.3, -0.25) is 9.78 Å². The second kappa shape index (κ2) is 7.54. The van der Waals surface area contributed by atoms with Crippen molar-refractivity contribution in [3.05, 3.63) is 30.1 Å². The lowest BCUT2D eigenvalue weighted by atomic mass is 10.2. The molecular formula is C13H19N3O. The van der Waals surface area contributed by atoms with Crippen LogP contribution >= 0.6 is 0 Å². The summed E-state index contributed by atoms with van der Waals surface area (Å²) in [4.78, 5) is 15.4. The molecule has 0 spiro atoms. The van der Waals surface area contributed by atoms with E-state index in [0.29, 0.717) is 6.42 Å². The first kappa shape index (κ1) is 13.4. The molecule has 0 aliphatic rings. The lowest BCUT2D eigenvalue weighted by Gasteiger charge is -2.02. The average Bonchev–Trinajstić information content (AvgIpc) is 2.37. The van der Waals surface area contributed by atoms with E-state index in [1.807, 2.05) is 19.1 Å². The van der Waals surface area contributed by atoms with Crippen LogP contribution in [0.25, 0.3) is 0 Å². The molecule has 0 aromatic carbocycles. The number of amides is 1. The number of nitrogens with one attached hydrogen (secondary N) is 1. The molecule has 0 unspecified atom stereocenters. The molecule has 0 aliphatic carbocycles. The van der Waals surface area contributed by atoms with Gasteiger partial charge < -0.3 is 0 Å². The maximum absolute atomic E-state index is 11.4. The normalized spacial score (nSPS) is 11.3. The van der Waals surface area contributed by atoms with Crippen molar-refractivity contribution < 1.29 is 4.79 Å². The zero-order chi connectivity index (χ0) is 12.5. The SMILES string of the molecule is CCCCCC(=O)N/N=C(\C)c1ccncc1. The smallest absolute Gasteiger partial charge is 0.240 e. The van der Waals surface area contributed by atoms with Crippen LogP contribution in [0.3, 0.4) is 0 Å². The maximum Gasteiger partial charge on any atom is 0.240 e. The van der Waals surface area contributed by atoms with Gasteiger partial charge in [-0.15, -0.1) is 0 Å². The Balaban J connectivity index is 2.40. The van der Waals surface area contributed by atoms with E-state index >= 15 is 0 Å². The van der Waals surface area contributed by atoms with Crippen LogP contribution in [-0.4, -0.2) is 16.6 Å². The summed E-state index contributed by atoms with van der Waals surface area (Å²) in [6.45, 7) is 3.98. The molecule has 0 atom stereocenters. The lowest BCUT2D eigenvalue weighted by Crippen LogP contribution is -2.18. The summed E-state index contributed by atoms with van der Waals surface area (Å²) < 4.78 is 0. The highest BCUT2D eigenvalue weighted by atomic mass is 16.2. The van der Waals surface area contributed by atoms with Crippen LogP contribution in [0.5, 0.6) is 0 Å². The van der Waals surface area contributed by atoms with Crippen LogP contribution in [-0.2, 0) is 4.79 Å². The van der Waals surface area contributed by atoms with Crippen molar-refractivity contribution in [3.8, 4) is 0 Å². The van der Waals surface area contributed by atoms with Crippen LogP contribution in [0, 0.1) is 0 Å². The highest BCUT2D eigenvalue weighted by Gasteiger charge is 2.00. The van der Waals surface area contributed by atoms with Crippen molar-refractivity contribution >= 4 is 11.6 Å². The van der Waals surface area contributed by atoms with E-state index < -0.39 is 0 Å². The Morgan fingerprint density at radius 3 is 2.71 bits per heavy atom. The molecule has 4 nitrogen and oxygen atoms in total. The number of carbonyl (C=O) groups excluding carboxylic acids is 1. The van der Waals surface area contributed by atoms with Gasteiger partial charge in [0.15, 0.2) is 0 Å². The fraction of sp³-hybridized carbons (Fsp3) is 0.462. The number of rotatable bonds is 6. The molecule has 1 rings (SSSR count). The predicted molar refractivity (Wildman–Crippen MR) is 68.7 cm³/mol. The number of hydrogen-bond acceptors (Lipinski definition) is 3. The van der Waals surface area contributed by atoms with Gasteiger partial charge >= 0.3 is 0 Å². The molecule has 17 heavy (non-hydrogen) atoms. The van der Waals surface area contributed by atoms with Gasteiger partial charge in [-0.1, -0.05) is 19.8 Å². The van der Waals surface area contributed by atoms with Crippen molar-refractivity contribution in [1.29, 1.82) is 0 Å². The topological polar surface area (TPSA) is 54.4 Å². The average molecular weight is 233 g/mol. The summed E-state index contributed by atoms with van der Waals surface area (Å²) >= 11 is 0. The van der Waals surface area contributed by atoms with Crippen molar-refractivity contribution in [3.63, 3.8) is 0 Å². The third kappa shape index (κ3) is 5.24.